The van der Waals surface area contributed by atoms with Crippen LogP contribution in [-0.4, -0.2) is 211 Å². The van der Waals surface area contributed by atoms with Gasteiger partial charge in [-0.05, 0) is 122 Å². The lowest BCUT2D eigenvalue weighted by molar-refractivity contribution is -0.145. The number of aromatic amines is 2. The van der Waals surface area contributed by atoms with E-state index in [-0.39, 0.29) is 107 Å². The van der Waals surface area contributed by atoms with Crippen LogP contribution in [0.1, 0.15) is 114 Å². The number of para-hydroxylation sites is 2. The third-order valence-electron chi connectivity index (χ3n) is 20.0. The molecule has 2 fully saturated rings. The second kappa shape index (κ2) is 40.9. The number of carbonyl (C=O) groups is 14. The molecule has 21 N–H and O–H groups in total. The summed E-state index contributed by atoms with van der Waals surface area (Å²) in [5.41, 5.74) is 26.5. The van der Waals surface area contributed by atoms with Gasteiger partial charge in [-0.15, -0.1) is 11.8 Å². The molecule has 2 saturated heterocycles. The Balaban J connectivity index is 1.21. The number of phenolic OH excluding ortho intramolecular Hbond substituents is 2. The van der Waals surface area contributed by atoms with Crippen molar-refractivity contribution in [3.05, 3.63) is 132 Å². The minimum absolute atomic E-state index is 0.0397. The lowest BCUT2D eigenvalue weighted by Gasteiger charge is -2.34. The number of benzene rings is 4. The number of hydrogen-bond acceptors (Lipinski definition) is 18. The molecule has 0 bridgehead atoms. The molecule has 33 nitrogen and oxygen atoms in total. The van der Waals surface area contributed by atoms with Gasteiger partial charge in [0.2, 0.25) is 82.7 Å². The number of aromatic hydroxyl groups is 2. The molecule has 6 aromatic rings. The maximum atomic E-state index is 15.7. The molecule has 4 heterocycles. The van der Waals surface area contributed by atoms with Gasteiger partial charge in [0.25, 0.3) is 0 Å². The van der Waals surface area contributed by atoms with E-state index in [4.69, 9.17) is 22.9 Å². The van der Waals surface area contributed by atoms with Gasteiger partial charge in [0.1, 0.15) is 78.0 Å². The number of amides is 14. The minimum Gasteiger partial charge on any atom is -0.508 e. The molecule has 2 aromatic heterocycles. The van der Waals surface area contributed by atoms with Gasteiger partial charge in [0.05, 0.1) is 12.2 Å². The van der Waals surface area contributed by atoms with Crippen molar-refractivity contribution in [3.63, 3.8) is 0 Å². The topological polar surface area (TPSA) is 530 Å². The van der Waals surface area contributed by atoms with Crippen molar-refractivity contribution in [1.82, 2.24) is 67.6 Å². The molecule has 602 valence electrons. The molecule has 0 spiro atoms. The van der Waals surface area contributed by atoms with E-state index >= 15 is 24.0 Å². The summed E-state index contributed by atoms with van der Waals surface area (Å²) in [7, 11) is 1.34. The zero-order chi connectivity index (χ0) is 81.5. The molecule has 0 saturated carbocycles. The highest BCUT2D eigenvalue weighted by Crippen LogP contribution is 2.26. The van der Waals surface area contributed by atoms with E-state index in [0.29, 0.717) is 50.5 Å². The van der Waals surface area contributed by atoms with Crippen LogP contribution in [-0.2, 0) is 92.8 Å². The van der Waals surface area contributed by atoms with Crippen molar-refractivity contribution in [1.29, 1.82) is 0 Å². The quantitative estimate of drug-likeness (QED) is 0.0401. The summed E-state index contributed by atoms with van der Waals surface area (Å²) in [5.74, 6) is -15.0. The number of nitrogens with two attached hydrogens (primary N) is 4. The summed E-state index contributed by atoms with van der Waals surface area (Å²) in [6.45, 7) is 7.05. The number of aromatic nitrogens is 2. The molecule has 0 unspecified atom stereocenters. The van der Waals surface area contributed by atoms with Crippen LogP contribution >= 0.6 is 11.8 Å². The summed E-state index contributed by atoms with van der Waals surface area (Å²) in [6, 6.07) is 9.00. The Bertz CT molecular complexity index is 4360. The molecular weight excluding hydrogens is 1460 g/mol. The predicted molar refractivity (Wildman–Crippen MR) is 417 cm³/mol. The molecule has 0 aliphatic carbocycles. The van der Waals surface area contributed by atoms with E-state index in [1.54, 1.807) is 82.6 Å². The first-order valence-electron chi connectivity index (χ1n) is 37.5. The summed E-state index contributed by atoms with van der Waals surface area (Å²) >= 11 is 0.810. The zero-order valence-electron chi connectivity index (χ0n) is 63.3. The predicted octanol–water partition coefficient (Wildman–Crippen LogP) is 0.106. The molecule has 112 heavy (non-hydrogen) atoms. The average molecular weight is 1570 g/mol. The van der Waals surface area contributed by atoms with Gasteiger partial charge in [0, 0.05) is 85.6 Å². The molecule has 34 heteroatoms. The summed E-state index contributed by atoms with van der Waals surface area (Å²) < 4.78 is 0. The second-order valence-corrected chi connectivity index (χ2v) is 30.0. The first-order valence-corrected chi connectivity index (χ1v) is 38.7. The molecule has 2 aliphatic heterocycles. The fraction of sp³-hybridized carbons (Fsp3) is 0.462. The standard InChI is InChI=1S/C78H103N17O16S/c1-6-43(4)67-76(109)90-59(37-65(81)99)72(105)88-58(35-46-38-83-52-16-9-7-14-50(46)52)71(104)92-61(68(82)101)40-112-41-66(100)85-57(33-44-20-24-48(96)25-21-44)70(103)86-54(18-11-12-30-79)69(102)87-55(28-29-64(80)98)78(111)95-31-13-19-62(95)74(107)91-60(34-45-22-26-49(97)27-23-45)77(110)94(5)63(36-47-39-84-53-17-10-8-15-51(47)53)75(108)89-56(32-42(2)3)73(106)93-67/h7-10,14-17,20-27,38-39,42-43,54-63,67,83-84,96-97H,6,11-13,18-19,28-37,40-41,79H2,1-5H3,(H2,80,98)(H2,81,99)(H2,82,101)(H,85,100)(H,86,103)(H,87,102)(H,88,105)(H,89,108)(H,90,109)(H,91,107)(H,92,104)(H,93,106)/t43-,54-,55-,56-,57-,58-,59-,60-,61-,62-,63-,67-/m0/s1. The molecule has 0 radical (unpaired) electrons. The summed E-state index contributed by atoms with van der Waals surface area (Å²) in [5, 5.41) is 46.2. The van der Waals surface area contributed by atoms with Crippen molar-refractivity contribution < 1.29 is 77.3 Å². The second-order valence-electron chi connectivity index (χ2n) is 29.0. The van der Waals surface area contributed by atoms with Crippen molar-refractivity contribution >= 4 is 116 Å². The normalized spacial score (nSPS) is 23.5. The number of nitrogens with zero attached hydrogens (tertiary/aromatic N) is 2. The van der Waals surface area contributed by atoms with Crippen molar-refractivity contribution in [3.8, 4) is 11.5 Å². The van der Waals surface area contributed by atoms with E-state index in [1.807, 2.05) is 6.07 Å². The van der Waals surface area contributed by atoms with E-state index < -0.39 is 174 Å². The summed E-state index contributed by atoms with van der Waals surface area (Å²) in [4.78, 5) is 212. The maximum absolute atomic E-state index is 15.7. The van der Waals surface area contributed by atoms with E-state index in [1.165, 1.54) is 60.5 Å². The van der Waals surface area contributed by atoms with Crippen molar-refractivity contribution in [2.75, 3.05) is 31.6 Å². The number of rotatable bonds is 22. The number of H-pyrrole nitrogens is 2. The molecule has 4 aromatic carbocycles. The van der Waals surface area contributed by atoms with E-state index in [0.717, 1.165) is 16.7 Å². The monoisotopic (exact) mass is 1570 g/mol. The van der Waals surface area contributed by atoms with Gasteiger partial charge < -0.3 is 101 Å². The number of hydrogen-bond donors (Lipinski definition) is 17. The van der Waals surface area contributed by atoms with Crippen LogP contribution in [0.5, 0.6) is 11.5 Å². The van der Waals surface area contributed by atoms with Crippen molar-refractivity contribution in [2.45, 2.75) is 184 Å². The fourth-order valence-corrected chi connectivity index (χ4v) is 14.5. The van der Waals surface area contributed by atoms with Crippen LogP contribution in [0.3, 0.4) is 0 Å². The Morgan fingerprint density at radius 1 is 0.536 bits per heavy atom. The van der Waals surface area contributed by atoms with Crippen LogP contribution in [0, 0.1) is 11.8 Å². The summed E-state index contributed by atoms with van der Waals surface area (Å²) in [6.07, 6.45) is 1.68. The number of nitrogens with one attached hydrogen (secondary N) is 11. The highest BCUT2D eigenvalue weighted by molar-refractivity contribution is 8.00. The first kappa shape index (κ1) is 86.0. The number of fused-ring (bicyclic) bond motifs is 3. The molecule has 2 aliphatic rings. The first-order chi connectivity index (χ1) is 53.4. The third-order valence-corrected chi connectivity index (χ3v) is 21.1. The lowest BCUT2D eigenvalue weighted by Crippen LogP contribution is -2.62. The van der Waals surface area contributed by atoms with Gasteiger partial charge in [-0.25, -0.2) is 0 Å². The van der Waals surface area contributed by atoms with Gasteiger partial charge in [-0.1, -0.05) is 94.8 Å². The zero-order valence-corrected chi connectivity index (χ0v) is 64.2. The molecular formula is C78H103N17O16S. The number of likely N-dealkylation sites (N-methyl/N-ethyl adjacent to an activating group) is 1. The number of unbranched alkanes of at least 4 members (excludes halogenated alkanes) is 1. The van der Waals surface area contributed by atoms with Gasteiger partial charge in [-0.2, -0.15) is 0 Å². The van der Waals surface area contributed by atoms with Crippen LogP contribution in [0.4, 0.5) is 0 Å². The van der Waals surface area contributed by atoms with Crippen LogP contribution < -0.4 is 70.8 Å². The highest BCUT2D eigenvalue weighted by atomic mass is 32.2. The Labute approximate surface area is 651 Å². The van der Waals surface area contributed by atoms with E-state index in [9.17, 15) is 53.4 Å². The smallest absolute Gasteiger partial charge is 0.245 e. The Morgan fingerprint density at radius 2 is 1.05 bits per heavy atom. The van der Waals surface area contributed by atoms with E-state index in [2.05, 4.69) is 57.8 Å². The number of primary amides is 3. The Hall–Kier alpha value is -11.6. The number of carbonyl (C=O) groups excluding carboxylic acids is 14. The minimum atomic E-state index is -1.82. The molecule has 8 rings (SSSR count). The average Bonchev–Trinajstić information content (AvgIpc) is 1.56. The maximum Gasteiger partial charge on any atom is 0.245 e. The Morgan fingerprint density at radius 3 is 1.63 bits per heavy atom. The van der Waals surface area contributed by atoms with Crippen LogP contribution in [0.25, 0.3) is 21.8 Å². The van der Waals surface area contributed by atoms with Crippen LogP contribution in [0.15, 0.2) is 109 Å². The Kier molecular flexibility index (Phi) is 31.5. The van der Waals surface area contributed by atoms with Crippen molar-refractivity contribution in [2.24, 2.45) is 34.8 Å². The third kappa shape index (κ3) is 24.2. The van der Waals surface area contributed by atoms with Crippen LogP contribution in [0.2, 0.25) is 0 Å². The largest absolute Gasteiger partial charge is 0.508 e. The number of thioether (sulfide) groups is 1. The molecule has 12 atom stereocenters. The SMILES string of the molecule is CC[C@H](C)[C@@H]1NC(=O)[C@H](CC(C)C)NC(=O)[C@H](Cc2c[nH]c3ccccc23)N(C)C(=O)[C@H](Cc2ccc(O)cc2)NC(=O)[C@@H]2CCCN2C(=O)[C@H](CCC(N)=O)NC(=O)[C@H](CCCCN)NC(=O)[C@H](Cc2ccc(O)cc2)NC(=O)CSC[C@@H](C(N)=O)NC(=O)[C@H](Cc2c[nH]c3ccccc23)NC(=O)[C@H](CC(N)=O)NC1=O. The fourth-order valence-electron chi connectivity index (χ4n) is 13.7. The highest BCUT2D eigenvalue weighted by Gasteiger charge is 2.43. The number of phenols is 2. The lowest BCUT2D eigenvalue weighted by atomic mass is 9.95. The van der Waals surface area contributed by atoms with Gasteiger partial charge >= 0.3 is 0 Å². The van der Waals surface area contributed by atoms with Gasteiger partial charge in [0.15, 0.2) is 0 Å². The molecule has 14 amide bonds. The van der Waals surface area contributed by atoms with Gasteiger partial charge in [-0.3, -0.25) is 67.1 Å².